The molecule has 2 unspecified atom stereocenters. The lowest BCUT2D eigenvalue weighted by molar-refractivity contribution is 0.128. The zero-order valence-electron chi connectivity index (χ0n) is 15.5. The van der Waals surface area contributed by atoms with Gasteiger partial charge in [0.1, 0.15) is 5.75 Å². The van der Waals surface area contributed by atoms with E-state index in [0.29, 0.717) is 12.0 Å². The topological polar surface area (TPSA) is 32.8 Å². The molecule has 2 aliphatic carbocycles. The molecule has 4 heteroatoms. The van der Waals surface area contributed by atoms with Crippen LogP contribution in [0.5, 0.6) is 5.75 Å². The maximum absolute atomic E-state index is 12.0. The molecule has 2 atom stereocenters. The molecule has 1 amide bonds. The molecule has 4 nitrogen and oxygen atoms in total. The van der Waals surface area contributed by atoms with Gasteiger partial charge in [-0.1, -0.05) is 31.4 Å². The Hall–Kier alpha value is -1.55. The average molecular weight is 342 g/mol. The van der Waals surface area contributed by atoms with Crippen LogP contribution in [0, 0.1) is 0 Å². The molecule has 136 valence electrons. The van der Waals surface area contributed by atoms with Crippen LogP contribution < -0.4 is 4.74 Å². The number of nitrogens with zero attached hydrogens (tertiary/aromatic N) is 2. The number of rotatable bonds is 2. The summed E-state index contributed by atoms with van der Waals surface area (Å²) in [6.07, 6.45) is 10.2. The third kappa shape index (κ3) is 3.17. The lowest BCUT2D eigenvalue weighted by Gasteiger charge is -2.39. The van der Waals surface area contributed by atoms with Gasteiger partial charge in [-0.25, -0.2) is 4.79 Å². The summed E-state index contributed by atoms with van der Waals surface area (Å²) in [5, 5.41) is 0. The van der Waals surface area contributed by atoms with Gasteiger partial charge in [-0.15, -0.1) is 0 Å². The molecule has 4 rings (SSSR count). The molecule has 0 aromatic heterocycles. The number of fused-ring (bicyclic) bond motifs is 3. The maximum atomic E-state index is 12.0. The predicted octanol–water partition coefficient (Wildman–Crippen LogP) is 4.18. The average Bonchev–Trinajstić information content (AvgIpc) is 3.07. The summed E-state index contributed by atoms with van der Waals surface area (Å²) in [5.74, 6) is 1.38. The van der Waals surface area contributed by atoms with Gasteiger partial charge in [-0.2, -0.15) is 0 Å². The van der Waals surface area contributed by atoms with Crippen molar-refractivity contribution in [3.63, 3.8) is 0 Å². The van der Waals surface area contributed by atoms with Crippen LogP contribution in [0.25, 0.3) is 0 Å². The number of hydrogen-bond donors (Lipinski definition) is 0. The second kappa shape index (κ2) is 6.99. The van der Waals surface area contributed by atoms with E-state index in [1.807, 2.05) is 6.07 Å². The highest BCUT2D eigenvalue weighted by atomic mass is 16.6. The fraction of sp³-hybridized carbons (Fsp3) is 0.667. The van der Waals surface area contributed by atoms with Gasteiger partial charge in [0.05, 0.1) is 0 Å². The standard InChI is InChI=1S/C21H30N2O2/c1-22(2)21(24)25-20-10-6-9-16-17-13-14-23(15-7-4-3-5-8-15)19(17)12-11-18(16)20/h6,9-10,15,17,19H,3-5,7-8,11-14H2,1-2H3. The number of carbonyl (C=O) groups excluding carboxylic acids is 1. The Morgan fingerprint density at radius 1 is 1.12 bits per heavy atom. The monoisotopic (exact) mass is 342 g/mol. The Bertz CT molecular complexity index is 637. The van der Waals surface area contributed by atoms with Crippen LogP contribution in [0.1, 0.15) is 62.0 Å². The fourth-order valence-corrected chi connectivity index (χ4v) is 5.24. The number of hydrogen-bond acceptors (Lipinski definition) is 3. The van der Waals surface area contributed by atoms with Gasteiger partial charge in [0.25, 0.3) is 0 Å². The van der Waals surface area contributed by atoms with Gasteiger partial charge < -0.3 is 9.64 Å². The molecule has 2 fully saturated rings. The van der Waals surface area contributed by atoms with E-state index in [2.05, 4.69) is 17.0 Å². The highest BCUT2D eigenvalue weighted by molar-refractivity contribution is 5.70. The van der Waals surface area contributed by atoms with Gasteiger partial charge in [-0.3, -0.25) is 4.90 Å². The largest absolute Gasteiger partial charge is 0.414 e. The van der Waals surface area contributed by atoms with Crippen LogP contribution in [-0.2, 0) is 6.42 Å². The quantitative estimate of drug-likeness (QED) is 0.808. The number of benzene rings is 1. The van der Waals surface area contributed by atoms with Crippen molar-refractivity contribution in [3.05, 3.63) is 29.3 Å². The van der Waals surface area contributed by atoms with Gasteiger partial charge in [0.15, 0.2) is 0 Å². The molecule has 0 radical (unpaired) electrons. The number of carbonyl (C=O) groups is 1. The van der Waals surface area contributed by atoms with E-state index in [4.69, 9.17) is 4.74 Å². The Labute approximate surface area is 151 Å². The van der Waals surface area contributed by atoms with Crippen LogP contribution >= 0.6 is 0 Å². The summed E-state index contributed by atoms with van der Waals surface area (Å²) < 4.78 is 5.64. The smallest absolute Gasteiger partial charge is 0.410 e. The fourth-order valence-electron chi connectivity index (χ4n) is 5.24. The zero-order chi connectivity index (χ0) is 17.4. The van der Waals surface area contributed by atoms with Crippen molar-refractivity contribution in [2.45, 2.75) is 69.4 Å². The minimum absolute atomic E-state index is 0.286. The van der Waals surface area contributed by atoms with Gasteiger partial charge >= 0.3 is 6.09 Å². The van der Waals surface area contributed by atoms with E-state index < -0.39 is 0 Å². The molecule has 1 saturated carbocycles. The van der Waals surface area contributed by atoms with Crippen molar-refractivity contribution >= 4 is 6.09 Å². The first-order chi connectivity index (χ1) is 12.1. The van der Waals surface area contributed by atoms with Crippen molar-refractivity contribution in [3.8, 4) is 5.75 Å². The summed E-state index contributed by atoms with van der Waals surface area (Å²) in [6, 6.07) is 7.77. The zero-order valence-corrected chi connectivity index (χ0v) is 15.5. The minimum atomic E-state index is -0.286. The first kappa shape index (κ1) is 16.9. The first-order valence-corrected chi connectivity index (χ1v) is 9.92. The highest BCUT2D eigenvalue weighted by Crippen LogP contribution is 2.46. The van der Waals surface area contributed by atoms with Crippen molar-refractivity contribution < 1.29 is 9.53 Å². The van der Waals surface area contributed by atoms with Crippen LogP contribution in [0.4, 0.5) is 4.79 Å². The summed E-state index contributed by atoms with van der Waals surface area (Å²) in [4.78, 5) is 16.3. The maximum Gasteiger partial charge on any atom is 0.414 e. The third-order valence-electron chi connectivity index (χ3n) is 6.45. The molecule has 0 N–H and O–H groups in total. The minimum Gasteiger partial charge on any atom is -0.410 e. The molecule has 3 aliphatic rings. The highest BCUT2D eigenvalue weighted by Gasteiger charge is 2.42. The van der Waals surface area contributed by atoms with Crippen molar-refractivity contribution in [2.24, 2.45) is 0 Å². The van der Waals surface area contributed by atoms with E-state index in [9.17, 15) is 4.79 Å². The van der Waals surface area contributed by atoms with Crippen LogP contribution in [0.3, 0.4) is 0 Å². The summed E-state index contributed by atoms with van der Waals surface area (Å²) in [6.45, 7) is 1.24. The van der Waals surface area contributed by atoms with Crippen LogP contribution in [0.15, 0.2) is 18.2 Å². The van der Waals surface area contributed by atoms with E-state index in [1.54, 1.807) is 14.1 Å². The van der Waals surface area contributed by atoms with Crippen LogP contribution in [0.2, 0.25) is 0 Å². The first-order valence-electron chi connectivity index (χ1n) is 9.92. The lowest BCUT2D eigenvalue weighted by atomic mass is 9.78. The molecular weight excluding hydrogens is 312 g/mol. The predicted molar refractivity (Wildman–Crippen MR) is 99.2 cm³/mol. The summed E-state index contributed by atoms with van der Waals surface area (Å²) in [5.41, 5.74) is 2.70. The molecular formula is C21H30N2O2. The normalized spacial score (nSPS) is 26.8. The van der Waals surface area contributed by atoms with Crippen molar-refractivity contribution in [1.82, 2.24) is 9.80 Å². The van der Waals surface area contributed by atoms with Gasteiger partial charge in [-0.05, 0) is 55.8 Å². The molecule has 1 aromatic carbocycles. The van der Waals surface area contributed by atoms with Crippen molar-refractivity contribution in [1.29, 1.82) is 0 Å². The number of ether oxygens (including phenoxy) is 1. The Morgan fingerprint density at radius 3 is 2.68 bits per heavy atom. The number of amides is 1. The van der Waals surface area contributed by atoms with Gasteiger partial charge in [0.2, 0.25) is 0 Å². The Kier molecular flexibility index (Phi) is 4.72. The summed E-state index contributed by atoms with van der Waals surface area (Å²) >= 11 is 0. The molecule has 1 saturated heterocycles. The Balaban J connectivity index is 1.55. The SMILES string of the molecule is CN(C)C(=O)Oc1cccc2c1CCC1C2CCN1C1CCCCC1. The molecule has 1 aromatic rings. The second-order valence-corrected chi connectivity index (χ2v) is 8.12. The van der Waals surface area contributed by atoms with E-state index >= 15 is 0 Å². The Morgan fingerprint density at radius 2 is 1.92 bits per heavy atom. The summed E-state index contributed by atoms with van der Waals surface area (Å²) in [7, 11) is 3.46. The number of likely N-dealkylation sites (tertiary alicyclic amines) is 1. The van der Waals surface area contributed by atoms with Crippen molar-refractivity contribution in [2.75, 3.05) is 20.6 Å². The molecule has 25 heavy (non-hydrogen) atoms. The third-order valence-corrected chi connectivity index (χ3v) is 6.45. The molecule has 1 aliphatic heterocycles. The van der Waals surface area contributed by atoms with Crippen LogP contribution in [-0.4, -0.2) is 48.6 Å². The molecule has 1 heterocycles. The second-order valence-electron chi connectivity index (χ2n) is 8.12. The van der Waals surface area contributed by atoms with E-state index in [0.717, 1.165) is 18.2 Å². The molecule has 0 spiro atoms. The van der Waals surface area contributed by atoms with E-state index in [1.165, 1.54) is 67.5 Å². The van der Waals surface area contributed by atoms with Gasteiger partial charge in [0, 0.05) is 32.1 Å². The molecule has 0 bridgehead atoms. The van der Waals surface area contributed by atoms with E-state index in [-0.39, 0.29) is 6.09 Å². The lowest BCUT2D eigenvalue weighted by Crippen LogP contribution is -2.43.